The lowest BCUT2D eigenvalue weighted by molar-refractivity contribution is -0.144. The highest BCUT2D eigenvalue weighted by atomic mass is 16.5. The maximum atomic E-state index is 13.1. The fraction of sp³-hybridized carbons (Fsp3) is 0.360. The minimum atomic E-state index is -1.21. The molecule has 0 heterocycles. The van der Waals surface area contributed by atoms with E-state index in [0.717, 1.165) is 11.1 Å². The van der Waals surface area contributed by atoms with Gasteiger partial charge in [-0.2, -0.15) is 0 Å². The number of ether oxygens (including phenoxy) is 1. The predicted octanol–water partition coefficient (Wildman–Crippen LogP) is 2.85. The summed E-state index contributed by atoms with van der Waals surface area (Å²) in [5.41, 5.74) is 1.59. The lowest BCUT2D eigenvalue weighted by Gasteiger charge is -2.29. The molecular formula is C25H28N2O6. The van der Waals surface area contributed by atoms with Gasteiger partial charge in [-0.1, -0.05) is 60.7 Å². The van der Waals surface area contributed by atoms with Crippen molar-refractivity contribution >= 4 is 23.8 Å². The maximum absolute atomic E-state index is 13.1. The summed E-state index contributed by atoms with van der Waals surface area (Å²) in [6, 6.07) is 15.9. The van der Waals surface area contributed by atoms with Crippen LogP contribution in [0.3, 0.4) is 0 Å². The zero-order chi connectivity index (χ0) is 23.6. The Hall–Kier alpha value is -3.68. The smallest absolute Gasteiger partial charge is 0.408 e. The second-order valence-corrected chi connectivity index (χ2v) is 8.17. The van der Waals surface area contributed by atoms with E-state index < -0.39 is 36.0 Å². The van der Waals surface area contributed by atoms with Gasteiger partial charge in [-0.15, -0.1) is 0 Å². The van der Waals surface area contributed by atoms with Crippen molar-refractivity contribution in [3.8, 4) is 0 Å². The van der Waals surface area contributed by atoms with Crippen LogP contribution in [0.1, 0.15) is 36.8 Å². The molecule has 2 amide bonds. The van der Waals surface area contributed by atoms with E-state index in [1.807, 2.05) is 60.7 Å². The van der Waals surface area contributed by atoms with E-state index in [0.29, 0.717) is 19.3 Å². The molecule has 8 nitrogen and oxygen atoms in total. The molecule has 2 aromatic rings. The van der Waals surface area contributed by atoms with E-state index in [4.69, 9.17) is 4.74 Å². The first-order chi connectivity index (χ1) is 15.9. The molecule has 0 saturated heterocycles. The van der Waals surface area contributed by atoms with Crippen LogP contribution < -0.4 is 10.6 Å². The van der Waals surface area contributed by atoms with Gasteiger partial charge >= 0.3 is 12.1 Å². The van der Waals surface area contributed by atoms with Crippen LogP contribution in [0.2, 0.25) is 0 Å². The average molecular weight is 453 g/mol. The van der Waals surface area contributed by atoms with Crippen LogP contribution in [0, 0.1) is 5.92 Å². The molecule has 2 aromatic carbocycles. The molecule has 0 spiro atoms. The average Bonchev–Trinajstić information content (AvgIpc) is 2.82. The molecule has 0 aliphatic heterocycles. The van der Waals surface area contributed by atoms with E-state index in [1.54, 1.807) is 0 Å². The van der Waals surface area contributed by atoms with Crippen LogP contribution in [0.4, 0.5) is 4.79 Å². The number of hydrogen-bond donors (Lipinski definition) is 3. The molecule has 3 rings (SSSR count). The number of carboxylic acids is 1. The number of amides is 2. The molecule has 174 valence electrons. The summed E-state index contributed by atoms with van der Waals surface area (Å²) in [7, 11) is 0. The van der Waals surface area contributed by atoms with Gasteiger partial charge in [-0.25, -0.2) is 9.59 Å². The Morgan fingerprint density at radius 3 is 2.21 bits per heavy atom. The summed E-state index contributed by atoms with van der Waals surface area (Å²) < 4.78 is 5.24. The largest absolute Gasteiger partial charge is 0.480 e. The number of carbonyl (C=O) groups is 4. The van der Waals surface area contributed by atoms with E-state index in [2.05, 4.69) is 10.6 Å². The normalized spacial score (nSPS) is 17.5. The van der Waals surface area contributed by atoms with Crippen LogP contribution in [-0.2, 0) is 32.1 Å². The summed E-state index contributed by atoms with van der Waals surface area (Å²) >= 11 is 0. The molecule has 3 atom stereocenters. The van der Waals surface area contributed by atoms with Crippen molar-refractivity contribution in [2.75, 3.05) is 0 Å². The molecule has 1 aliphatic rings. The van der Waals surface area contributed by atoms with Crippen LogP contribution in [-0.4, -0.2) is 40.9 Å². The number of ketones is 1. The molecule has 1 aliphatic carbocycles. The molecule has 0 radical (unpaired) electrons. The van der Waals surface area contributed by atoms with Gasteiger partial charge in [0.05, 0.1) is 0 Å². The molecule has 0 bridgehead atoms. The highest BCUT2D eigenvalue weighted by Gasteiger charge is 2.35. The third-order valence-corrected chi connectivity index (χ3v) is 5.66. The number of Topliss-reactive ketones (excluding diaryl/α,β-unsaturated/α-hetero) is 1. The highest BCUT2D eigenvalue weighted by molar-refractivity contribution is 5.90. The quantitative estimate of drug-likeness (QED) is 0.538. The van der Waals surface area contributed by atoms with Gasteiger partial charge in [-0.05, 0) is 29.9 Å². The first-order valence-corrected chi connectivity index (χ1v) is 11.0. The predicted molar refractivity (Wildman–Crippen MR) is 120 cm³/mol. The van der Waals surface area contributed by atoms with Crippen molar-refractivity contribution in [2.45, 2.75) is 50.8 Å². The molecule has 3 N–H and O–H groups in total. The van der Waals surface area contributed by atoms with E-state index >= 15 is 0 Å². The van der Waals surface area contributed by atoms with Gasteiger partial charge in [-0.3, -0.25) is 9.59 Å². The summed E-state index contributed by atoms with van der Waals surface area (Å²) in [5.74, 6) is -2.32. The van der Waals surface area contributed by atoms with Gasteiger partial charge < -0.3 is 20.5 Å². The third kappa shape index (κ3) is 7.45. The van der Waals surface area contributed by atoms with Crippen molar-refractivity contribution < 1.29 is 29.0 Å². The number of alkyl carbamates (subject to hydrolysis) is 1. The monoisotopic (exact) mass is 452 g/mol. The zero-order valence-corrected chi connectivity index (χ0v) is 18.2. The van der Waals surface area contributed by atoms with E-state index in [1.165, 1.54) is 0 Å². The first-order valence-electron chi connectivity index (χ1n) is 11.0. The second kappa shape index (κ2) is 11.8. The fourth-order valence-corrected chi connectivity index (χ4v) is 3.94. The molecule has 33 heavy (non-hydrogen) atoms. The zero-order valence-electron chi connectivity index (χ0n) is 18.2. The van der Waals surface area contributed by atoms with Crippen molar-refractivity contribution in [1.82, 2.24) is 10.6 Å². The minimum Gasteiger partial charge on any atom is -0.480 e. The van der Waals surface area contributed by atoms with Crippen LogP contribution in [0.5, 0.6) is 0 Å². The van der Waals surface area contributed by atoms with Crippen LogP contribution in [0.15, 0.2) is 60.7 Å². The van der Waals surface area contributed by atoms with Crippen molar-refractivity contribution in [3.05, 3.63) is 71.8 Å². The number of benzene rings is 2. The minimum absolute atomic E-state index is 0.00445. The highest BCUT2D eigenvalue weighted by Crippen LogP contribution is 2.24. The lowest BCUT2D eigenvalue weighted by Crippen LogP contribution is -2.55. The molecule has 0 aromatic heterocycles. The Morgan fingerprint density at radius 1 is 0.970 bits per heavy atom. The van der Waals surface area contributed by atoms with Crippen molar-refractivity contribution in [2.24, 2.45) is 5.92 Å². The first kappa shape index (κ1) is 24.0. The standard InChI is InChI=1S/C25H28N2O6/c28-20-13-7-12-19(15-20)22(24(30)31)27-23(29)21(14-17-8-3-1-4-9-17)26-25(32)33-16-18-10-5-2-6-11-18/h1-6,8-11,19,21-22H,7,12-16H2,(H,26,32)(H,27,29)(H,30,31)/t19-,21+,22-/m0/s1. The van der Waals surface area contributed by atoms with Crippen LogP contribution in [0.25, 0.3) is 0 Å². The molecule has 1 saturated carbocycles. The molecule has 8 heteroatoms. The number of hydrogen-bond acceptors (Lipinski definition) is 5. The Labute approximate surface area is 192 Å². The number of rotatable bonds is 9. The second-order valence-electron chi connectivity index (χ2n) is 8.17. The van der Waals surface area contributed by atoms with Gasteiger partial charge in [0, 0.05) is 19.3 Å². The molecule has 1 fully saturated rings. The Bertz CT molecular complexity index is 963. The number of aliphatic carboxylic acids is 1. The third-order valence-electron chi connectivity index (χ3n) is 5.66. The Kier molecular flexibility index (Phi) is 8.57. The number of carboxylic acid groups (broad SMARTS) is 1. The number of carbonyl (C=O) groups excluding carboxylic acids is 3. The molecule has 0 unspecified atom stereocenters. The van der Waals surface area contributed by atoms with Gasteiger partial charge in [0.15, 0.2) is 0 Å². The Morgan fingerprint density at radius 2 is 1.61 bits per heavy atom. The van der Waals surface area contributed by atoms with Gasteiger partial charge in [0.1, 0.15) is 24.5 Å². The van der Waals surface area contributed by atoms with E-state index in [-0.39, 0.29) is 25.2 Å². The van der Waals surface area contributed by atoms with E-state index in [9.17, 15) is 24.3 Å². The van der Waals surface area contributed by atoms with Crippen molar-refractivity contribution in [1.29, 1.82) is 0 Å². The lowest BCUT2D eigenvalue weighted by atomic mass is 9.83. The SMILES string of the molecule is O=C1CCC[C@H]([C@H](NC(=O)[C@@H](Cc2ccccc2)NC(=O)OCc2ccccc2)C(=O)O)C1. The Balaban J connectivity index is 1.68. The molecular weight excluding hydrogens is 424 g/mol. The summed E-state index contributed by atoms with van der Waals surface area (Å²) in [6.07, 6.45) is 1.06. The summed E-state index contributed by atoms with van der Waals surface area (Å²) in [4.78, 5) is 49.2. The maximum Gasteiger partial charge on any atom is 0.408 e. The summed E-state index contributed by atoms with van der Waals surface area (Å²) in [6.45, 7) is 0.0360. The fourth-order valence-electron chi connectivity index (χ4n) is 3.94. The summed E-state index contributed by atoms with van der Waals surface area (Å²) in [5, 5.41) is 14.8. The number of nitrogens with one attached hydrogen (secondary N) is 2. The van der Waals surface area contributed by atoms with Crippen molar-refractivity contribution in [3.63, 3.8) is 0 Å². The van der Waals surface area contributed by atoms with Crippen LogP contribution >= 0.6 is 0 Å². The van der Waals surface area contributed by atoms with Gasteiger partial charge in [0.25, 0.3) is 0 Å². The topological polar surface area (TPSA) is 122 Å². The van der Waals surface area contributed by atoms with Gasteiger partial charge in [0.2, 0.25) is 5.91 Å².